The van der Waals surface area contributed by atoms with Crippen LogP contribution in [0.4, 0.5) is 0 Å². The van der Waals surface area contributed by atoms with E-state index in [-0.39, 0.29) is 18.0 Å². The standard InChI is InChI=1S/C10H12N2O3S/c1-5-6(2)11-10-12(9(5)15)7(4-16-10)3-8(13)14/h7H,3-4H2,1-2H3,(H,13,14)/t7-/m1/s1. The third kappa shape index (κ3) is 1.73. The van der Waals surface area contributed by atoms with Crippen LogP contribution in [0.2, 0.25) is 0 Å². The highest BCUT2D eigenvalue weighted by Crippen LogP contribution is 2.32. The average molecular weight is 240 g/mol. The Morgan fingerprint density at radius 2 is 2.31 bits per heavy atom. The number of carboxylic acid groups (broad SMARTS) is 1. The lowest BCUT2D eigenvalue weighted by Crippen LogP contribution is -2.28. The van der Waals surface area contributed by atoms with Crippen LogP contribution in [0.5, 0.6) is 0 Å². The molecule has 2 heterocycles. The van der Waals surface area contributed by atoms with Gasteiger partial charge in [-0.3, -0.25) is 14.2 Å². The highest BCUT2D eigenvalue weighted by molar-refractivity contribution is 7.99. The van der Waals surface area contributed by atoms with Crippen molar-refractivity contribution in [3.63, 3.8) is 0 Å². The van der Waals surface area contributed by atoms with Gasteiger partial charge in [-0.05, 0) is 13.8 Å². The summed E-state index contributed by atoms with van der Waals surface area (Å²) in [5, 5.41) is 9.41. The summed E-state index contributed by atoms with van der Waals surface area (Å²) in [5.74, 6) is -0.277. The molecular formula is C10H12N2O3S. The van der Waals surface area contributed by atoms with Crippen molar-refractivity contribution in [3.05, 3.63) is 21.6 Å². The van der Waals surface area contributed by atoms with Gasteiger partial charge in [0, 0.05) is 17.0 Å². The van der Waals surface area contributed by atoms with Crippen molar-refractivity contribution >= 4 is 17.7 Å². The monoisotopic (exact) mass is 240 g/mol. The fourth-order valence-corrected chi connectivity index (χ4v) is 2.91. The van der Waals surface area contributed by atoms with Gasteiger partial charge in [-0.25, -0.2) is 4.98 Å². The van der Waals surface area contributed by atoms with E-state index in [9.17, 15) is 9.59 Å². The van der Waals surface area contributed by atoms with Gasteiger partial charge in [-0.2, -0.15) is 0 Å². The number of hydrogen-bond donors (Lipinski definition) is 1. The summed E-state index contributed by atoms with van der Waals surface area (Å²) in [4.78, 5) is 27.0. The Balaban J connectivity index is 2.50. The molecule has 1 aromatic heterocycles. The zero-order valence-corrected chi connectivity index (χ0v) is 9.87. The van der Waals surface area contributed by atoms with Gasteiger partial charge < -0.3 is 5.11 Å². The number of nitrogens with zero attached hydrogens (tertiary/aromatic N) is 2. The molecule has 5 nitrogen and oxygen atoms in total. The normalized spacial score (nSPS) is 18.5. The minimum absolute atomic E-state index is 0.0237. The minimum Gasteiger partial charge on any atom is -0.481 e. The molecule has 0 fully saturated rings. The van der Waals surface area contributed by atoms with Crippen molar-refractivity contribution in [2.75, 3.05) is 5.75 Å². The molecule has 1 aromatic rings. The fourth-order valence-electron chi connectivity index (χ4n) is 1.72. The van der Waals surface area contributed by atoms with E-state index in [1.165, 1.54) is 16.3 Å². The highest BCUT2D eigenvalue weighted by Gasteiger charge is 2.28. The molecule has 0 spiro atoms. The SMILES string of the molecule is Cc1nc2n(c(=O)c1C)[C@H](CC(=O)O)CS2. The number of carbonyl (C=O) groups is 1. The molecule has 1 N–H and O–H groups in total. The quantitative estimate of drug-likeness (QED) is 0.780. The predicted molar refractivity (Wildman–Crippen MR) is 60.0 cm³/mol. The number of aryl methyl sites for hydroxylation is 1. The molecule has 0 aromatic carbocycles. The van der Waals surface area contributed by atoms with Crippen molar-refractivity contribution in [3.8, 4) is 0 Å². The number of aromatic nitrogens is 2. The summed E-state index contributed by atoms with van der Waals surface area (Å²) in [6.07, 6.45) is -0.0237. The first kappa shape index (κ1) is 11.2. The topological polar surface area (TPSA) is 72.2 Å². The molecule has 0 saturated carbocycles. The number of carboxylic acids is 1. The molecule has 16 heavy (non-hydrogen) atoms. The fraction of sp³-hybridized carbons (Fsp3) is 0.500. The summed E-state index contributed by atoms with van der Waals surface area (Å²) in [7, 11) is 0. The average Bonchev–Trinajstić information content (AvgIpc) is 2.57. The molecule has 1 atom stereocenters. The van der Waals surface area contributed by atoms with Crippen molar-refractivity contribution in [1.82, 2.24) is 9.55 Å². The van der Waals surface area contributed by atoms with Crippen molar-refractivity contribution in [2.45, 2.75) is 31.5 Å². The Hall–Kier alpha value is -1.30. The van der Waals surface area contributed by atoms with Gasteiger partial charge in [0.2, 0.25) is 0 Å². The van der Waals surface area contributed by atoms with Gasteiger partial charge in [-0.15, -0.1) is 0 Å². The van der Waals surface area contributed by atoms with E-state index in [1.54, 1.807) is 13.8 Å². The maximum Gasteiger partial charge on any atom is 0.305 e. The summed E-state index contributed by atoms with van der Waals surface area (Å²) in [6.45, 7) is 3.52. The molecule has 1 aliphatic rings. The lowest BCUT2D eigenvalue weighted by atomic mass is 10.2. The lowest BCUT2D eigenvalue weighted by Gasteiger charge is -2.12. The smallest absolute Gasteiger partial charge is 0.305 e. The van der Waals surface area contributed by atoms with E-state index in [4.69, 9.17) is 5.11 Å². The molecule has 1 aliphatic heterocycles. The first-order valence-electron chi connectivity index (χ1n) is 4.95. The van der Waals surface area contributed by atoms with Crippen LogP contribution >= 0.6 is 11.8 Å². The highest BCUT2D eigenvalue weighted by atomic mass is 32.2. The number of hydrogen-bond acceptors (Lipinski definition) is 4. The zero-order valence-electron chi connectivity index (χ0n) is 9.06. The Kier molecular flexibility index (Phi) is 2.75. The van der Waals surface area contributed by atoms with Crippen LogP contribution in [0.3, 0.4) is 0 Å². The maximum absolute atomic E-state index is 12.0. The van der Waals surface area contributed by atoms with E-state index in [2.05, 4.69) is 4.98 Å². The van der Waals surface area contributed by atoms with Crippen molar-refractivity contribution in [1.29, 1.82) is 0 Å². The van der Waals surface area contributed by atoms with Crippen LogP contribution in [-0.2, 0) is 4.79 Å². The molecule has 0 amide bonds. The predicted octanol–water partition coefficient (Wildman–Crippen LogP) is 0.982. The molecule has 0 aliphatic carbocycles. The molecule has 86 valence electrons. The summed E-state index contributed by atoms with van der Waals surface area (Å²) in [6, 6.07) is -0.267. The minimum atomic E-state index is -0.886. The summed E-state index contributed by atoms with van der Waals surface area (Å²) < 4.78 is 1.52. The van der Waals surface area contributed by atoms with E-state index in [0.29, 0.717) is 16.5 Å². The van der Waals surface area contributed by atoms with E-state index in [1.807, 2.05) is 0 Å². The second kappa shape index (κ2) is 3.93. The van der Waals surface area contributed by atoms with Gasteiger partial charge in [0.25, 0.3) is 5.56 Å². The van der Waals surface area contributed by atoms with E-state index in [0.717, 1.165) is 5.69 Å². The molecule has 6 heteroatoms. The summed E-state index contributed by atoms with van der Waals surface area (Å²) >= 11 is 1.44. The molecule has 2 rings (SSSR count). The summed E-state index contributed by atoms with van der Waals surface area (Å²) in [5.41, 5.74) is 1.21. The Morgan fingerprint density at radius 1 is 1.62 bits per heavy atom. The van der Waals surface area contributed by atoms with Crippen LogP contribution in [0.15, 0.2) is 9.95 Å². The Labute approximate surface area is 96.5 Å². The van der Waals surface area contributed by atoms with Gasteiger partial charge >= 0.3 is 5.97 Å². The molecular weight excluding hydrogens is 228 g/mol. The third-order valence-electron chi connectivity index (χ3n) is 2.73. The maximum atomic E-state index is 12.0. The molecule has 0 bridgehead atoms. The number of rotatable bonds is 2. The van der Waals surface area contributed by atoms with Gasteiger partial charge in [0.05, 0.1) is 12.5 Å². The largest absolute Gasteiger partial charge is 0.481 e. The van der Waals surface area contributed by atoms with Crippen LogP contribution in [-0.4, -0.2) is 26.4 Å². The van der Waals surface area contributed by atoms with Crippen LogP contribution < -0.4 is 5.56 Å². The van der Waals surface area contributed by atoms with Crippen molar-refractivity contribution in [2.24, 2.45) is 0 Å². The lowest BCUT2D eigenvalue weighted by molar-refractivity contribution is -0.137. The third-order valence-corrected chi connectivity index (χ3v) is 3.83. The number of aliphatic carboxylic acids is 1. The first-order chi connectivity index (χ1) is 7.50. The Morgan fingerprint density at radius 3 is 2.94 bits per heavy atom. The first-order valence-corrected chi connectivity index (χ1v) is 5.93. The van der Waals surface area contributed by atoms with Gasteiger partial charge in [0.1, 0.15) is 0 Å². The zero-order chi connectivity index (χ0) is 11.9. The van der Waals surface area contributed by atoms with Crippen LogP contribution in [0.1, 0.15) is 23.7 Å². The van der Waals surface area contributed by atoms with Crippen LogP contribution in [0, 0.1) is 13.8 Å². The van der Waals surface area contributed by atoms with Gasteiger partial charge in [0.15, 0.2) is 5.16 Å². The molecule has 0 unspecified atom stereocenters. The second-order valence-electron chi connectivity index (χ2n) is 3.84. The van der Waals surface area contributed by atoms with E-state index < -0.39 is 5.97 Å². The Bertz CT molecular complexity index is 510. The molecule has 0 radical (unpaired) electrons. The molecule has 0 saturated heterocycles. The van der Waals surface area contributed by atoms with Crippen LogP contribution in [0.25, 0.3) is 0 Å². The number of fused-ring (bicyclic) bond motifs is 1. The number of thioether (sulfide) groups is 1. The van der Waals surface area contributed by atoms with E-state index >= 15 is 0 Å². The van der Waals surface area contributed by atoms with Gasteiger partial charge in [-0.1, -0.05) is 11.8 Å². The van der Waals surface area contributed by atoms with Crippen molar-refractivity contribution < 1.29 is 9.90 Å². The second-order valence-corrected chi connectivity index (χ2v) is 4.83.